The van der Waals surface area contributed by atoms with E-state index in [9.17, 15) is 13.9 Å². The van der Waals surface area contributed by atoms with Crippen molar-refractivity contribution in [3.8, 4) is 0 Å². The molecule has 1 aromatic rings. The third-order valence-electron chi connectivity index (χ3n) is 2.93. The Hall–Kier alpha value is -1.24. The van der Waals surface area contributed by atoms with Gasteiger partial charge >= 0.3 is 0 Å². The summed E-state index contributed by atoms with van der Waals surface area (Å²) < 4.78 is 19.1. The summed E-state index contributed by atoms with van der Waals surface area (Å²) in [5.74, 6) is 0.774. The van der Waals surface area contributed by atoms with Gasteiger partial charge in [0.15, 0.2) is 0 Å². The molecular weight excluding hydrogens is 252 g/mol. The molecule has 3 N–H and O–H groups in total. The topological polar surface area (TPSA) is 72.8 Å². The number of amides is 1. The van der Waals surface area contributed by atoms with Crippen LogP contribution in [-0.4, -0.2) is 39.6 Å². The highest BCUT2D eigenvalue weighted by Crippen LogP contribution is 2.41. The molecule has 6 heteroatoms. The maximum Gasteiger partial charge on any atom is 0.221 e. The van der Waals surface area contributed by atoms with Crippen LogP contribution in [0.2, 0.25) is 0 Å². The maximum atomic E-state index is 10.9. The molecule has 0 atom stereocenters. The number of carbonyl (C=O) groups excluding carboxylic acids is 1. The average Bonchev–Trinajstić information content (AvgIpc) is 2.30. The van der Waals surface area contributed by atoms with Gasteiger partial charge in [-0.2, -0.15) is 10.6 Å². The highest BCUT2D eigenvalue weighted by molar-refractivity contribution is 8.24. The summed E-state index contributed by atoms with van der Waals surface area (Å²) in [6.07, 6.45) is 0. The van der Waals surface area contributed by atoms with Crippen LogP contribution in [0.3, 0.4) is 0 Å². The van der Waals surface area contributed by atoms with Crippen LogP contribution < -0.4 is 10.2 Å². The van der Waals surface area contributed by atoms with Crippen LogP contribution in [0.5, 0.6) is 0 Å². The van der Waals surface area contributed by atoms with E-state index >= 15 is 0 Å². The van der Waals surface area contributed by atoms with Crippen molar-refractivity contribution in [3.63, 3.8) is 0 Å². The minimum Gasteiger partial charge on any atom is -0.368 e. The third-order valence-corrected chi connectivity index (χ3v) is 4.60. The van der Waals surface area contributed by atoms with Crippen LogP contribution in [-0.2, 0) is 4.79 Å². The fraction of sp³-hybridized carbons (Fsp3) is 0.417. The van der Waals surface area contributed by atoms with Crippen LogP contribution in [0.4, 0.5) is 11.4 Å². The lowest BCUT2D eigenvalue weighted by molar-refractivity contribution is -0.114. The van der Waals surface area contributed by atoms with Gasteiger partial charge in [0.1, 0.15) is 0 Å². The summed E-state index contributed by atoms with van der Waals surface area (Å²) in [5.41, 5.74) is 1.81. The predicted octanol–water partition coefficient (Wildman–Crippen LogP) is 2.22. The monoisotopic (exact) mass is 270 g/mol. The fourth-order valence-electron chi connectivity index (χ4n) is 1.94. The van der Waals surface area contributed by atoms with Crippen molar-refractivity contribution in [2.75, 3.05) is 34.8 Å². The van der Waals surface area contributed by atoms with E-state index in [2.05, 4.69) is 10.2 Å². The highest BCUT2D eigenvalue weighted by Gasteiger charge is 2.22. The van der Waals surface area contributed by atoms with E-state index in [-0.39, 0.29) is 5.91 Å². The number of rotatable bonds is 2. The molecule has 0 saturated carbocycles. The molecule has 0 bridgehead atoms. The van der Waals surface area contributed by atoms with Crippen LogP contribution in [0.25, 0.3) is 0 Å². The van der Waals surface area contributed by atoms with Crippen molar-refractivity contribution < 1.29 is 13.9 Å². The first-order valence-electron chi connectivity index (χ1n) is 5.82. The minimum absolute atomic E-state index is 0.0883. The van der Waals surface area contributed by atoms with Gasteiger partial charge in [-0.05, 0) is 24.3 Å². The van der Waals surface area contributed by atoms with Gasteiger partial charge in [0, 0.05) is 31.4 Å². The van der Waals surface area contributed by atoms with E-state index in [0.29, 0.717) is 24.6 Å². The van der Waals surface area contributed by atoms with Gasteiger partial charge in [-0.25, -0.2) is 0 Å². The third kappa shape index (κ3) is 3.38. The zero-order valence-electron chi connectivity index (χ0n) is 10.3. The molecule has 1 aliphatic rings. The number of nitrogens with zero attached hydrogens (tertiary/aromatic N) is 1. The Balaban J connectivity index is 2.00. The van der Waals surface area contributed by atoms with E-state index in [1.807, 2.05) is 24.3 Å². The number of nitrogens with one attached hydrogen (secondary N) is 1. The normalized spacial score (nSPS) is 20.3. The molecule has 1 saturated heterocycles. The summed E-state index contributed by atoms with van der Waals surface area (Å²) in [4.78, 5) is 13.0. The lowest BCUT2D eigenvalue weighted by Crippen LogP contribution is -2.38. The summed E-state index contributed by atoms with van der Waals surface area (Å²) >= 11 is 0. The van der Waals surface area contributed by atoms with Crippen LogP contribution in [0.1, 0.15) is 6.92 Å². The molecule has 1 fully saturated rings. The smallest absolute Gasteiger partial charge is 0.221 e. The lowest BCUT2D eigenvalue weighted by Gasteiger charge is -2.41. The molecule has 0 radical (unpaired) electrons. The molecule has 18 heavy (non-hydrogen) atoms. The van der Waals surface area contributed by atoms with Gasteiger partial charge in [-0.15, -0.1) is 0 Å². The largest absolute Gasteiger partial charge is 0.368 e. The SMILES string of the molecule is CC(=O)Nc1ccc(N2CCS(O)(O)CC2)cc1. The van der Waals surface area contributed by atoms with E-state index in [1.165, 1.54) is 6.92 Å². The van der Waals surface area contributed by atoms with Crippen molar-refractivity contribution in [1.29, 1.82) is 0 Å². The predicted molar refractivity (Wildman–Crippen MR) is 75.5 cm³/mol. The van der Waals surface area contributed by atoms with Gasteiger partial charge in [0.25, 0.3) is 0 Å². The first kappa shape index (κ1) is 13.2. The molecule has 1 aromatic carbocycles. The van der Waals surface area contributed by atoms with Crippen molar-refractivity contribution in [3.05, 3.63) is 24.3 Å². The second-order valence-corrected chi connectivity index (χ2v) is 6.85. The van der Waals surface area contributed by atoms with Gasteiger partial charge in [-0.1, -0.05) is 0 Å². The zero-order valence-corrected chi connectivity index (χ0v) is 11.1. The standard InChI is InChI=1S/C12H18N2O3S/c1-10(15)13-11-2-4-12(5-3-11)14-6-8-18(16,17)9-7-14/h2-5,16-17H,6-9H2,1H3,(H,13,15). The van der Waals surface area contributed by atoms with Gasteiger partial charge in [0.05, 0.1) is 11.5 Å². The molecule has 0 unspecified atom stereocenters. The lowest BCUT2D eigenvalue weighted by atomic mass is 10.2. The van der Waals surface area contributed by atoms with Gasteiger partial charge in [0.2, 0.25) is 5.91 Å². The first-order valence-corrected chi connectivity index (χ1v) is 7.71. The van der Waals surface area contributed by atoms with Crippen molar-refractivity contribution in [2.24, 2.45) is 0 Å². The fourth-order valence-corrected chi connectivity index (χ4v) is 3.17. The number of benzene rings is 1. The summed E-state index contributed by atoms with van der Waals surface area (Å²) in [6, 6.07) is 7.57. The van der Waals surface area contributed by atoms with Crippen LogP contribution >= 0.6 is 10.6 Å². The molecule has 1 heterocycles. The second kappa shape index (κ2) is 5.17. The van der Waals surface area contributed by atoms with E-state index in [4.69, 9.17) is 0 Å². The number of hydrogen-bond acceptors (Lipinski definition) is 4. The summed E-state index contributed by atoms with van der Waals surface area (Å²) in [7, 11) is -2.35. The Morgan fingerprint density at radius 3 is 2.28 bits per heavy atom. The van der Waals surface area contributed by atoms with Crippen LogP contribution in [0, 0.1) is 0 Å². The van der Waals surface area contributed by atoms with Gasteiger partial charge < -0.3 is 10.2 Å². The molecule has 100 valence electrons. The van der Waals surface area contributed by atoms with Crippen LogP contribution in [0.15, 0.2) is 24.3 Å². The molecule has 1 aliphatic heterocycles. The zero-order chi connectivity index (χ0) is 13.2. The quantitative estimate of drug-likeness (QED) is 0.770. The van der Waals surface area contributed by atoms with Crippen molar-refractivity contribution in [2.45, 2.75) is 6.92 Å². The van der Waals surface area contributed by atoms with Crippen molar-refractivity contribution >= 4 is 27.9 Å². The average molecular weight is 270 g/mol. The molecule has 0 spiro atoms. The summed E-state index contributed by atoms with van der Waals surface area (Å²) in [5, 5.41) is 2.71. The number of carbonyl (C=O) groups is 1. The summed E-state index contributed by atoms with van der Waals surface area (Å²) in [6.45, 7) is 2.78. The molecule has 5 nitrogen and oxygen atoms in total. The molecule has 0 aliphatic carbocycles. The molecule has 1 amide bonds. The van der Waals surface area contributed by atoms with E-state index in [0.717, 1.165) is 11.4 Å². The van der Waals surface area contributed by atoms with Crippen molar-refractivity contribution in [1.82, 2.24) is 0 Å². The maximum absolute atomic E-state index is 10.9. The first-order chi connectivity index (χ1) is 8.46. The van der Waals surface area contributed by atoms with E-state index < -0.39 is 10.6 Å². The Morgan fingerprint density at radius 1 is 1.22 bits per heavy atom. The Bertz CT molecular complexity index is 423. The van der Waals surface area contributed by atoms with Gasteiger partial charge in [-0.3, -0.25) is 13.9 Å². The molecular formula is C12H18N2O3S. The Morgan fingerprint density at radius 2 is 1.78 bits per heavy atom. The number of anilines is 2. The Labute approximate surface area is 108 Å². The molecule has 2 rings (SSSR count). The molecule has 0 aromatic heterocycles. The van der Waals surface area contributed by atoms with E-state index in [1.54, 1.807) is 0 Å². The minimum atomic E-state index is -2.35. The highest BCUT2D eigenvalue weighted by atomic mass is 32.3. The number of hydrogen-bond donors (Lipinski definition) is 3. The Kier molecular flexibility index (Phi) is 3.79. The second-order valence-electron chi connectivity index (χ2n) is 4.43.